The Bertz CT molecular complexity index is 1000. The quantitative estimate of drug-likeness (QED) is 0.539. The Morgan fingerprint density at radius 2 is 1.60 bits per heavy atom. The van der Waals surface area contributed by atoms with Crippen LogP contribution in [0.4, 0.5) is 0 Å². The van der Waals surface area contributed by atoms with Crippen molar-refractivity contribution in [1.82, 2.24) is 10.2 Å². The Hall–Kier alpha value is -3.19. The first-order valence-electron chi connectivity index (χ1n) is 9.72. The highest BCUT2D eigenvalue weighted by Gasteiger charge is 2.20. The second-order valence-corrected chi connectivity index (χ2v) is 7.21. The molecule has 1 N–H and O–H groups in total. The lowest BCUT2D eigenvalue weighted by Gasteiger charge is -2.12. The van der Waals surface area contributed by atoms with Crippen LogP contribution in [0.3, 0.4) is 0 Å². The molecule has 0 saturated carbocycles. The van der Waals surface area contributed by atoms with E-state index in [9.17, 15) is 4.79 Å². The van der Waals surface area contributed by atoms with Crippen molar-refractivity contribution in [3.8, 4) is 28.4 Å². The van der Waals surface area contributed by atoms with Crippen molar-refractivity contribution in [3.63, 3.8) is 0 Å². The van der Waals surface area contributed by atoms with Crippen molar-refractivity contribution < 1.29 is 23.4 Å². The highest BCUT2D eigenvalue weighted by molar-refractivity contribution is 6.11. The van der Waals surface area contributed by atoms with Crippen LogP contribution in [0.2, 0.25) is 0 Å². The van der Waals surface area contributed by atoms with Gasteiger partial charge in [-0.1, -0.05) is 0 Å². The van der Waals surface area contributed by atoms with E-state index in [0.717, 1.165) is 29.5 Å². The summed E-state index contributed by atoms with van der Waals surface area (Å²) in [6.07, 6.45) is 2.50. The second-order valence-electron chi connectivity index (χ2n) is 7.21. The van der Waals surface area contributed by atoms with Gasteiger partial charge in [0.15, 0.2) is 0 Å². The van der Waals surface area contributed by atoms with Gasteiger partial charge in [0.05, 0.1) is 33.2 Å². The number of nitrogens with one attached hydrogen (secondary N) is 1. The van der Waals surface area contributed by atoms with Crippen molar-refractivity contribution in [2.45, 2.75) is 6.42 Å². The molecule has 0 radical (unpaired) electrons. The van der Waals surface area contributed by atoms with Crippen molar-refractivity contribution >= 4 is 16.9 Å². The number of hydrogen-bond acceptors (Lipinski definition) is 6. The van der Waals surface area contributed by atoms with Crippen LogP contribution in [0.15, 0.2) is 41.0 Å². The van der Waals surface area contributed by atoms with Gasteiger partial charge in [0.1, 0.15) is 22.8 Å². The van der Waals surface area contributed by atoms with E-state index in [1.807, 2.05) is 26.2 Å². The van der Waals surface area contributed by atoms with Crippen LogP contribution in [0.5, 0.6) is 17.2 Å². The molecule has 7 nitrogen and oxygen atoms in total. The van der Waals surface area contributed by atoms with E-state index in [2.05, 4.69) is 10.2 Å². The number of carbonyl (C=O) groups is 1. The Kier molecular flexibility index (Phi) is 6.84. The van der Waals surface area contributed by atoms with E-state index in [0.29, 0.717) is 34.9 Å². The fraction of sp³-hybridized carbons (Fsp3) is 0.348. The van der Waals surface area contributed by atoms with Crippen LogP contribution in [0.1, 0.15) is 16.8 Å². The Balaban J connectivity index is 2.05. The van der Waals surface area contributed by atoms with E-state index in [4.69, 9.17) is 18.6 Å². The normalized spacial score (nSPS) is 11.0. The molecule has 30 heavy (non-hydrogen) atoms. The molecule has 0 bridgehead atoms. The van der Waals surface area contributed by atoms with Crippen molar-refractivity contribution in [2.75, 3.05) is 48.5 Å². The summed E-state index contributed by atoms with van der Waals surface area (Å²) >= 11 is 0. The third-order valence-electron chi connectivity index (χ3n) is 4.86. The molecule has 0 unspecified atom stereocenters. The number of ether oxygens (including phenoxy) is 3. The van der Waals surface area contributed by atoms with Crippen LogP contribution in [0, 0.1) is 0 Å². The van der Waals surface area contributed by atoms with Gasteiger partial charge in [0.2, 0.25) is 0 Å². The molecular formula is C23H28N2O5. The third kappa shape index (κ3) is 4.68. The van der Waals surface area contributed by atoms with Gasteiger partial charge in [-0.25, -0.2) is 0 Å². The average molecular weight is 412 g/mol. The Labute approximate surface area is 176 Å². The number of nitrogens with zero attached hydrogens (tertiary/aromatic N) is 1. The molecule has 3 aromatic rings. The first-order chi connectivity index (χ1) is 14.5. The number of methoxy groups -OCH3 is 3. The van der Waals surface area contributed by atoms with Crippen molar-refractivity contribution in [1.29, 1.82) is 0 Å². The van der Waals surface area contributed by atoms with Gasteiger partial charge in [0, 0.05) is 29.6 Å². The van der Waals surface area contributed by atoms with Gasteiger partial charge in [0.25, 0.3) is 5.91 Å². The summed E-state index contributed by atoms with van der Waals surface area (Å²) in [7, 11) is 8.78. The van der Waals surface area contributed by atoms with Gasteiger partial charge in [-0.3, -0.25) is 4.79 Å². The predicted octanol–water partition coefficient (Wildman–Crippen LogP) is 3.81. The number of hydrogen-bond donors (Lipinski definition) is 1. The van der Waals surface area contributed by atoms with Gasteiger partial charge in [-0.2, -0.15) is 0 Å². The molecule has 0 aliphatic carbocycles. The zero-order valence-corrected chi connectivity index (χ0v) is 18.1. The molecule has 0 aliphatic heterocycles. The molecule has 0 fully saturated rings. The topological polar surface area (TPSA) is 73.2 Å². The highest BCUT2D eigenvalue weighted by atomic mass is 16.5. The summed E-state index contributed by atoms with van der Waals surface area (Å²) < 4.78 is 21.9. The minimum Gasteiger partial charge on any atom is -0.497 e. The molecule has 0 saturated heterocycles. The fourth-order valence-corrected chi connectivity index (χ4v) is 3.31. The van der Waals surface area contributed by atoms with E-state index >= 15 is 0 Å². The van der Waals surface area contributed by atoms with Crippen molar-refractivity contribution in [2.24, 2.45) is 0 Å². The van der Waals surface area contributed by atoms with Crippen LogP contribution in [0.25, 0.3) is 22.1 Å². The molecule has 0 atom stereocenters. The lowest BCUT2D eigenvalue weighted by atomic mass is 9.99. The van der Waals surface area contributed by atoms with E-state index < -0.39 is 0 Å². The molecular weight excluding hydrogens is 384 g/mol. The molecule has 1 heterocycles. The number of rotatable bonds is 9. The highest BCUT2D eigenvalue weighted by Crippen LogP contribution is 2.38. The van der Waals surface area contributed by atoms with Gasteiger partial charge >= 0.3 is 0 Å². The zero-order chi connectivity index (χ0) is 21.7. The van der Waals surface area contributed by atoms with Gasteiger partial charge in [-0.15, -0.1) is 0 Å². The molecule has 1 aromatic heterocycles. The standard InChI is InChI=1S/C23H28N2O5/c1-25(2)8-6-7-24-23(26)19-12-18(29-5)13-21-22(19)20(14-30-21)15-9-16(27-3)11-17(10-15)28-4/h9-14H,6-8H2,1-5H3,(H,24,26). The molecule has 0 aliphatic rings. The lowest BCUT2D eigenvalue weighted by Crippen LogP contribution is -2.27. The largest absolute Gasteiger partial charge is 0.497 e. The molecule has 0 spiro atoms. The minimum absolute atomic E-state index is 0.171. The van der Waals surface area contributed by atoms with Gasteiger partial charge < -0.3 is 28.8 Å². The first kappa shape index (κ1) is 21.5. The number of fused-ring (bicyclic) bond motifs is 1. The molecule has 1 amide bonds. The third-order valence-corrected chi connectivity index (χ3v) is 4.86. The van der Waals surface area contributed by atoms with Crippen LogP contribution < -0.4 is 19.5 Å². The Morgan fingerprint density at radius 3 is 2.20 bits per heavy atom. The summed E-state index contributed by atoms with van der Waals surface area (Å²) in [5.41, 5.74) is 2.68. The second kappa shape index (κ2) is 9.54. The minimum atomic E-state index is -0.171. The van der Waals surface area contributed by atoms with E-state index in [1.165, 1.54) is 0 Å². The summed E-state index contributed by atoms with van der Waals surface area (Å²) in [4.78, 5) is 15.1. The fourth-order valence-electron chi connectivity index (χ4n) is 3.31. The summed E-state index contributed by atoms with van der Waals surface area (Å²) in [6, 6.07) is 9.08. The van der Waals surface area contributed by atoms with Crippen molar-refractivity contribution in [3.05, 3.63) is 42.2 Å². The maximum atomic E-state index is 13.0. The number of benzene rings is 2. The molecule has 3 rings (SSSR count). The van der Waals surface area contributed by atoms with Crippen LogP contribution in [-0.4, -0.2) is 59.3 Å². The maximum absolute atomic E-state index is 13.0. The predicted molar refractivity (Wildman–Crippen MR) is 117 cm³/mol. The summed E-state index contributed by atoms with van der Waals surface area (Å²) in [6.45, 7) is 1.48. The van der Waals surface area contributed by atoms with Crippen LogP contribution in [-0.2, 0) is 0 Å². The Morgan fingerprint density at radius 1 is 0.967 bits per heavy atom. The van der Waals surface area contributed by atoms with Gasteiger partial charge in [-0.05, 0) is 50.8 Å². The molecule has 160 valence electrons. The molecule has 7 heteroatoms. The maximum Gasteiger partial charge on any atom is 0.252 e. The number of furan rings is 1. The number of carbonyl (C=O) groups excluding carboxylic acids is 1. The smallest absolute Gasteiger partial charge is 0.252 e. The summed E-state index contributed by atoms with van der Waals surface area (Å²) in [5.74, 6) is 1.70. The van der Waals surface area contributed by atoms with E-state index in [-0.39, 0.29) is 5.91 Å². The monoisotopic (exact) mass is 412 g/mol. The zero-order valence-electron chi connectivity index (χ0n) is 18.1. The van der Waals surface area contributed by atoms with E-state index in [1.54, 1.807) is 45.8 Å². The molecule has 2 aromatic carbocycles. The van der Waals surface area contributed by atoms with Crippen LogP contribution >= 0.6 is 0 Å². The first-order valence-corrected chi connectivity index (χ1v) is 9.72. The average Bonchev–Trinajstić information content (AvgIpc) is 3.19. The summed E-state index contributed by atoms with van der Waals surface area (Å²) in [5, 5.41) is 3.72. The SMILES string of the molecule is COc1cc(OC)cc(-c2coc3cc(OC)cc(C(=O)NCCCN(C)C)c23)c1. The lowest BCUT2D eigenvalue weighted by molar-refractivity contribution is 0.0953. The number of amides is 1.